The molecule has 0 aromatic heterocycles. The predicted octanol–water partition coefficient (Wildman–Crippen LogP) is 2.92. The van der Waals surface area contributed by atoms with Gasteiger partial charge in [0.15, 0.2) is 0 Å². The summed E-state index contributed by atoms with van der Waals surface area (Å²) in [5.41, 5.74) is 0.359. The molecule has 3 heteroatoms. The average Bonchev–Trinajstić information content (AvgIpc) is 2.34. The molecule has 0 fully saturated rings. The number of hydrogen-bond donors (Lipinski definition) is 2. The third-order valence-corrected chi connectivity index (χ3v) is 2.88. The van der Waals surface area contributed by atoms with Crippen LogP contribution in [-0.2, 0) is 0 Å². The van der Waals surface area contributed by atoms with E-state index in [-0.39, 0.29) is 5.41 Å². The van der Waals surface area contributed by atoms with Gasteiger partial charge in [-0.2, -0.15) is 0 Å². The number of aliphatic hydroxyl groups is 2. The Morgan fingerprint density at radius 2 is 1.67 bits per heavy atom. The van der Waals surface area contributed by atoms with E-state index in [2.05, 4.69) is 6.92 Å². The SMILES string of the molecule is CCCOc1ccc(C(O)C(O)C(C)(C)C)cc1. The first-order valence-electron chi connectivity index (χ1n) is 6.45. The normalized spacial score (nSPS) is 15.2. The van der Waals surface area contributed by atoms with Crippen molar-refractivity contribution in [1.29, 1.82) is 0 Å². The molecule has 0 radical (unpaired) electrons. The van der Waals surface area contributed by atoms with Gasteiger partial charge >= 0.3 is 0 Å². The molecule has 1 aromatic carbocycles. The van der Waals surface area contributed by atoms with Crippen molar-refractivity contribution in [2.24, 2.45) is 5.41 Å². The molecule has 3 nitrogen and oxygen atoms in total. The quantitative estimate of drug-likeness (QED) is 0.847. The zero-order valence-electron chi connectivity index (χ0n) is 11.7. The van der Waals surface area contributed by atoms with E-state index < -0.39 is 12.2 Å². The lowest BCUT2D eigenvalue weighted by atomic mass is 9.83. The number of ether oxygens (including phenoxy) is 1. The fraction of sp³-hybridized carbons (Fsp3) is 0.600. The highest BCUT2D eigenvalue weighted by Gasteiger charge is 2.29. The van der Waals surface area contributed by atoms with Crippen LogP contribution in [0.1, 0.15) is 45.8 Å². The van der Waals surface area contributed by atoms with Crippen LogP contribution in [0.25, 0.3) is 0 Å². The summed E-state index contributed by atoms with van der Waals surface area (Å²) in [7, 11) is 0. The maximum atomic E-state index is 10.1. The van der Waals surface area contributed by atoms with Crippen LogP contribution in [0.4, 0.5) is 0 Å². The van der Waals surface area contributed by atoms with Crippen LogP contribution in [0, 0.1) is 5.41 Å². The van der Waals surface area contributed by atoms with E-state index in [1.807, 2.05) is 32.9 Å². The van der Waals surface area contributed by atoms with Crippen molar-refractivity contribution in [3.8, 4) is 5.75 Å². The average molecular weight is 252 g/mol. The predicted molar refractivity (Wildman–Crippen MR) is 72.6 cm³/mol. The number of hydrogen-bond acceptors (Lipinski definition) is 3. The Bertz CT molecular complexity index is 351. The molecule has 102 valence electrons. The van der Waals surface area contributed by atoms with E-state index in [0.29, 0.717) is 12.2 Å². The highest BCUT2D eigenvalue weighted by Crippen LogP contribution is 2.30. The van der Waals surface area contributed by atoms with E-state index >= 15 is 0 Å². The molecular formula is C15H24O3. The Morgan fingerprint density at radius 1 is 1.11 bits per heavy atom. The number of rotatable bonds is 5. The molecule has 0 saturated carbocycles. The van der Waals surface area contributed by atoms with Crippen molar-refractivity contribution in [3.05, 3.63) is 29.8 Å². The molecule has 0 amide bonds. The second-order valence-electron chi connectivity index (χ2n) is 5.67. The standard InChI is InChI=1S/C15H24O3/c1-5-10-18-12-8-6-11(7-9-12)13(16)14(17)15(2,3)4/h6-9,13-14,16-17H,5,10H2,1-4H3. The molecule has 0 heterocycles. The third kappa shape index (κ3) is 4.00. The number of aliphatic hydroxyl groups excluding tert-OH is 2. The summed E-state index contributed by atoms with van der Waals surface area (Å²) in [6.45, 7) is 8.45. The molecule has 0 saturated heterocycles. The number of benzene rings is 1. The highest BCUT2D eigenvalue weighted by atomic mass is 16.5. The van der Waals surface area contributed by atoms with Gasteiger partial charge in [0.05, 0.1) is 12.7 Å². The summed E-state index contributed by atoms with van der Waals surface area (Å²) in [5.74, 6) is 0.790. The van der Waals surface area contributed by atoms with Crippen LogP contribution >= 0.6 is 0 Å². The van der Waals surface area contributed by atoms with Crippen molar-refractivity contribution in [3.63, 3.8) is 0 Å². The lowest BCUT2D eigenvalue weighted by Crippen LogP contribution is -2.32. The monoisotopic (exact) mass is 252 g/mol. The van der Waals surface area contributed by atoms with Gasteiger partial charge in [-0.3, -0.25) is 0 Å². The van der Waals surface area contributed by atoms with E-state index in [4.69, 9.17) is 4.74 Å². The highest BCUT2D eigenvalue weighted by molar-refractivity contribution is 5.29. The molecule has 0 bridgehead atoms. The minimum Gasteiger partial charge on any atom is -0.494 e. The maximum Gasteiger partial charge on any atom is 0.119 e. The van der Waals surface area contributed by atoms with Gasteiger partial charge in [0.25, 0.3) is 0 Å². The Kier molecular flexibility index (Phi) is 5.17. The second-order valence-corrected chi connectivity index (χ2v) is 5.67. The molecule has 0 aliphatic carbocycles. The molecule has 0 spiro atoms. The first kappa shape index (κ1) is 15.0. The molecular weight excluding hydrogens is 228 g/mol. The Labute approximate surface area is 109 Å². The van der Waals surface area contributed by atoms with Gasteiger partial charge in [-0.05, 0) is 29.5 Å². The summed E-state index contributed by atoms with van der Waals surface area (Å²) < 4.78 is 5.47. The van der Waals surface area contributed by atoms with E-state index in [1.165, 1.54) is 0 Å². The first-order valence-corrected chi connectivity index (χ1v) is 6.45. The molecule has 2 atom stereocenters. The van der Waals surface area contributed by atoms with Crippen LogP contribution in [0.15, 0.2) is 24.3 Å². The fourth-order valence-electron chi connectivity index (χ4n) is 1.64. The Hall–Kier alpha value is -1.06. The minimum absolute atomic E-state index is 0.350. The van der Waals surface area contributed by atoms with Gasteiger partial charge in [-0.25, -0.2) is 0 Å². The summed E-state index contributed by atoms with van der Waals surface area (Å²) in [4.78, 5) is 0. The largest absolute Gasteiger partial charge is 0.494 e. The van der Waals surface area contributed by atoms with Crippen LogP contribution in [0.5, 0.6) is 5.75 Å². The van der Waals surface area contributed by atoms with Gasteiger partial charge in [-0.15, -0.1) is 0 Å². The topological polar surface area (TPSA) is 49.7 Å². The van der Waals surface area contributed by atoms with Gasteiger partial charge in [0, 0.05) is 0 Å². The van der Waals surface area contributed by atoms with E-state index in [9.17, 15) is 10.2 Å². The molecule has 18 heavy (non-hydrogen) atoms. The zero-order valence-corrected chi connectivity index (χ0v) is 11.7. The van der Waals surface area contributed by atoms with Crippen molar-refractivity contribution >= 4 is 0 Å². The molecule has 0 aliphatic heterocycles. The summed E-state index contributed by atoms with van der Waals surface area (Å²) >= 11 is 0. The summed E-state index contributed by atoms with van der Waals surface area (Å²) in [6, 6.07) is 7.24. The smallest absolute Gasteiger partial charge is 0.119 e. The zero-order chi connectivity index (χ0) is 13.8. The van der Waals surface area contributed by atoms with Gasteiger partial charge < -0.3 is 14.9 Å². The molecule has 2 N–H and O–H groups in total. The first-order chi connectivity index (χ1) is 8.36. The second kappa shape index (κ2) is 6.21. The summed E-state index contributed by atoms with van der Waals surface area (Å²) in [5, 5.41) is 20.1. The van der Waals surface area contributed by atoms with Crippen molar-refractivity contribution < 1.29 is 14.9 Å². The lowest BCUT2D eigenvalue weighted by Gasteiger charge is -2.30. The van der Waals surface area contributed by atoms with Crippen molar-refractivity contribution in [1.82, 2.24) is 0 Å². The Balaban J connectivity index is 2.72. The van der Waals surface area contributed by atoms with Crippen LogP contribution in [0.3, 0.4) is 0 Å². The third-order valence-electron chi connectivity index (χ3n) is 2.88. The van der Waals surface area contributed by atoms with Crippen molar-refractivity contribution in [2.45, 2.75) is 46.3 Å². The van der Waals surface area contributed by atoms with E-state index in [1.54, 1.807) is 12.1 Å². The molecule has 1 aromatic rings. The van der Waals surface area contributed by atoms with Gasteiger partial charge in [-0.1, -0.05) is 39.8 Å². The van der Waals surface area contributed by atoms with E-state index in [0.717, 1.165) is 12.2 Å². The molecule has 1 rings (SSSR count). The lowest BCUT2D eigenvalue weighted by molar-refractivity contribution is -0.0458. The summed E-state index contributed by atoms with van der Waals surface area (Å²) in [6.07, 6.45) is -0.697. The van der Waals surface area contributed by atoms with Crippen LogP contribution in [-0.4, -0.2) is 22.9 Å². The van der Waals surface area contributed by atoms with Gasteiger partial charge in [0.2, 0.25) is 0 Å². The van der Waals surface area contributed by atoms with Crippen LogP contribution in [0.2, 0.25) is 0 Å². The van der Waals surface area contributed by atoms with Crippen LogP contribution < -0.4 is 4.74 Å². The Morgan fingerprint density at radius 3 is 2.11 bits per heavy atom. The van der Waals surface area contributed by atoms with Crippen molar-refractivity contribution in [2.75, 3.05) is 6.61 Å². The minimum atomic E-state index is -0.870. The molecule has 0 aliphatic rings. The fourth-order valence-corrected chi connectivity index (χ4v) is 1.64. The maximum absolute atomic E-state index is 10.1. The molecule has 2 unspecified atom stereocenters. The van der Waals surface area contributed by atoms with Gasteiger partial charge in [0.1, 0.15) is 11.9 Å².